The van der Waals surface area contributed by atoms with Gasteiger partial charge < -0.3 is 19.1 Å². The predicted molar refractivity (Wildman–Crippen MR) is 98.0 cm³/mol. The Morgan fingerprint density at radius 2 is 1.92 bits per heavy atom. The minimum atomic E-state index is -0.433. The Morgan fingerprint density at radius 3 is 2.58 bits per heavy atom. The normalized spacial score (nSPS) is 15.8. The van der Waals surface area contributed by atoms with Crippen molar-refractivity contribution in [2.24, 2.45) is 5.92 Å². The highest BCUT2D eigenvalue weighted by Gasteiger charge is 2.26. The Kier molecular flexibility index (Phi) is 7.63. The molecule has 7 nitrogen and oxygen atoms in total. The van der Waals surface area contributed by atoms with Crippen LogP contribution in [0.5, 0.6) is 5.88 Å². The van der Waals surface area contributed by atoms with E-state index in [9.17, 15) is 4.79 Å². The number of nitrogens with zero attached hydrogens (tertiary/aromatic N) is 3. The molecule has 0 atom stereocenters. The summed E-state index contributed by atoms with van der Waals surface area (Å²) >= 11 is 0. The van der Waals surface area contributed by atoms with E-state index >= 15 is 0 Å². The van der Waals surface area contributed by atoms with Crippen molar-refractivity contribution in [1.82, 2.24) is 14.9 Å². The van der Waals surface area contributed by atoms with Crippen molar-refractivity contribution in [3.05, 3.63) is 18.1 Å². The van der Waals surface area contributed by atoms with Crippen molar-refractivity contribution >= 4 is 6.09 Å². The Balaban J connectivity index is 1.60. The molecule has 1 amide bonds. The number of aromatic nitrogens is 2. The van der Waals surface area contributed by atoms with Gasteiger partial charge in [-0.15, -0.1) is 0 Å². The number of likely N-dealkylation sites (tertiary alicyclic amines) is 1. The first-order valence-corrected chi connectivity index (χ1v) is 9.28. The lowest BCUT2D eigenvalue weighted by Crippen LogP contribution is -2.41. The monoisotopic (exact) mass is 365 g/mol. The number of amides is 1. The molecule has 1 aliphatic heterocycles. The van der Waals surface area contributed by atoms with Gasteiger partial charge in [0.2, 0.25) is 5.88 Å². The van der Waals surface area contributed by atoms with Crippen molar-refractivity contribution in [2.45, 2.75) is 58.7 Å². The van der Waals surface area contributed by atoms with E-state index in [1.807, 2.05) is 25.7 Å². The standard InChI is InChI=1S/C19H31N3O4/c1-19(2,3)26-18(23)22-11-7-15(8-12-22)6-5-13-25-14-16-17(24-4)21-10-9-20-16/h9-10,15H,5-8,11-14H2,1-4H3. The van der Waals surface area contributed by atoms with Gasteiger partial charge in [0.15, 0.2) is 0 Å². The highest BCUT2D eigenvalue weighted by molar-refractivity contribution is 5.68. The number of rotatable bonds is 7. The Morgan fingerprint density at radius 1 is 1.23 bits per heavy atom. The maximum atomic E-state index is 12.1. The first kappa shape index (κ1) is 20.4. The van der Waals surface area contributed by atoms with Gasteiger partial charge in [-0.3, -0.25) is 4.98 Å². The van der Waals surface area contributed by atoms with E-state index in [2.05, 4.69) is 9.97 Å². The van der Waals surface area contributed by atoms with Crippen molar-refractivity contribution in [2.75, 3.05) is 26.8 Å². The lowest BCUT2D eigenvalue weighted by atomic mass is 9.92. The summed E-state index contributed by atoms with van der Waals surface area (Å²) in [7, 11) is 1.58. The molecule has 2 heterocycles. The summed E-state index contributed by atoms with van der Waals surface area (Å²) in [5.41, 5.74) is 0.289. The van der Waals surface area contributed by atoms with Crippen molar-refractivity contribution in [3.8, 4) is 5.88 Å². The number of hydrogen-bond acceptors (Lipinski definition) is 6. The summed E-state index contributed by atoms with van der Waals surface area (Å²) in [6.07, 6.45) is 7.21. The molecule has 1 aliphatic rings. The molecule has 0 N–H and O–H groups in total. The van der Waals surface area contributed by atoms with Crippen LogP contribution in [0, 0.1) is 5.92 Å². The molecule has 2 rings (SSSR count). The van der Waals surface area contributed by atoms with Gasteiger partial charge in [-0.05, 0) is 52.4 Å². The summed E-state index contributed by atoms with van der Waals surface area (Å²) in [5.74, 6) is 1.16. The third-order valence-electron chi connectivity index (χ3n) is 4.34. The van der Waals surface area contributed by atoms with Crippen molar-refractivity contribution < 1.29 is 19.0 Å². The molecule has 0 unspecified atom stereocenters. The summed E-state index contributed by atoms with van der Waals surface area (Å²) in [4.78, 5) is 22.2. The molecule has 0 aromatic carbocycles. The molecule has 0 radical (unpaired) electrons. The number of ether oxygens (including phenoxy) is 3. The van der Waals surface area contributed by atoms with Crippen LogP contribution in [0.1, 0.15) is 52.1 Å². The van der Waals surface area contributed by atoms with Gasteiger partial charge in [0.1, 0.15) is 11.3 Å². The van der Waals surface area contributed by atoms with E-state index in [0.29, 0.717) is 25.0 Å². The molecule has 1 aromatic rings. The quantitative estimate of drug-likeness (QED) is 0.689. The molecule has 1 aromatic heterocycles. The van der Waals surface area contributed by atoms with Gasteiger partial charge in [-0.1, -0.05) is 0 Å². The lowest BCUT2D eigenvalue weighted by Gasteiger charge is -2.33. The second kappa shape index (κ2) is 9.71. The zero-order valence-corrected chi connectivity index (χ0v) is 16.4. The molecule has 1 fully saturated rings. The van der Waals surface area contributed by atoms with Gasteiger partial charge in [-0.2, -0.15) is 0 Å². The van der Waals surface area contributed by atoms with E-state index in [0.717, 1.165) is 44.5 Å². The summed E-state index contributed by atoms with van der Waals surface area (Å²) in [6.45, 7) is 8.34. The molecule has 1 saturated heterocycles. The third-order valence-corrected chi connectivity index (χ3v) is 4.34. The molecule has 0 saturated carbocycles. The van der Waals surface area contributed by atoms with E-state index in [1.165, 1.54) is 0 Å². The molecule has 0 spiro atoms. The minimum absolute atomic E-state index is 0.197. The average molecular weight is 365 g/mol. The predicted octanol–water partition coefficient (Wildman–Crippen LogP) is 3.43. The fraction of sp³-hybridized carbons (Fsp3) is 0.737. The largest absolute Gasteiger partial charge is 0.480 e. The van der Waals surface area contributed by atoms with Gasteiger partial charge >= 0.3 is 6.09 Å². The smallest absolute Gasteiger partial charge is 0.410 e. The maximum absolute atomic E-state index is 12.1. The first-order chi connectivity index (χ1) is 12.4. The van der Waals surface area contributed by atoms with E-state index < -0.39 is 5.60 Å². The van der Waals surface area contributed by atoms with Crippen molar-refractivity contribution in [3.63, 3.8) is 0 Å². The van der Waals surface area contributed by atoms with Gasteiger partial charge in [0.25, 0.3) is 0 Å². The van der Waals surface area contributed by atoms with Crippen LogP contribution in [0.3, 0.4) is 0 Å². The molecular weight excluding hydrogens is 334 g/mol. The summed E-state index contributed by atoms with van der Waals surface area (Å²) in [6, 6.07) is 0. The summed E-state index contributed by atoms with van der Waals surface area (Å²) < 4.78 is 16.3. The minimum Gasteiger partial charge on any atom is -0.480 e. The Bertz CT molecular complexity index is 566. The number of methoxy groups -OCH3 is 1. The maximum Gasteiger partial charge on any atom is 0.410 e. The SMILES string of the molecule is COc1nccnc1COCCCC1CCN(C(=O)OC(C)(C)C)CC1. The molecule has 26 heavy (non-hydrogen) atoms. The Hall–Kier alpha value is -1.89. The van der Waals surface area contributed by atoms with Crippen LogP contribution in [0.15, 0.2) is 12.4 Å². The fourth-order valence-electron chi connectivity index (χ4n) is 3.00. The molecule has 7 heteroatoms. The first-order valence-electron chi connectivity index (χ1n) is 9.28. The zero-order chi connectivity index (χ0) is 19.0. The third kappa shape index (κ3) is 6.78. The van der Waals surface area contributed by atoms with E-state index in [1.54, 1.807) is 19.5 Å². The topological polar surface area (TPSA) is 73.8 Å². The van der Waals surface area contributed by atoms with Gasteiger partial charge in [-0.25, -0.2) is 9.78 Å². The number of piperidine rings is 1. The lowest BCUT2D eigenvalue weighted by molar-refractivity contribution is 0.0176. The van der Waals surface area contributed by atoms with E-state index in [-0.39, 0.29) is 6.09 Å². The zero-order valence-electron chi connectivity index (χ0n) is 16.4. The summed E-state index contributed by atoms with van der Waals surface area (Å²) in [5, 5.41) is 0. The number of carbonyl (C=O) groups is 1. The van der Waals surface area contributed by atoms with E-state index in [4.69, 9.17) is 14.2 Å². The second-order valence-electron chi connectivity index (χ2n) is 7.62. The molecule has 146 valence electrons. The van der Waals surface area contributed by atoms with Crippen molar-refractivity contribution in [1.29, 1.82) is 0 Å². The van der Waals surface area contributed by atoms with Gasteiger partial charge in [0, 0.05) is 32.1 Å². The molecule has 0 aliphatic carbocycles. The van der Waals surface area contributed by atoms with Crippen LogP contribution in [0.2, 0.25) is 0 Å². The fourth-order valence-corrected chi connectivity index (χ4v) is 3.00. The van der Waals surface area contributed by atoms with Crippen LogP contribution in [0.4, 0.5) is 4.79 Å². The highest BCUT2D eigenvalue weighted by atomic mass is 16.6. The molecule has 0 bridgehead atoms. The van der Waals surface area contributed by atoms with Gasteiger partial charge in [0.05, 0.1) is 13.7 Å². The van der Waals surface area contributed by atoms with Crippen LogP contribution in [0.25, 0.3) is 0 Å². The average Bonchev–Trinajstić information content (AvgIpc) is 2.61. The van der Waals surface area contributed by atoms with Crippen LogP contribution in [-0.4, -0.2) is 53.4 Å². The van der Waals surface area contributed by atoms with Crippen LogP contribution < -0.4 is 4.74 Å². The number of carbonyl (C=O) groups excluding carboxylic acids is 1. The second-order valence-corrected chi connectivity index (χ2v) is 7.62. The number of hydrogen-bond donors (Lipinski definition) is 0. The van der Waals surface area contributed by atoms with Crippen LogP contribution in [-0.2, 0) is 16.1 Å². The van der Waals surface area contributed by atoms with Crippen LogP contribution >= 0.6 is 0 Å². The Labute approximate surface area is 156 Å². The highest BCUT2D eigenvalue weighted by Crippen LogP contribution is 2.23. The molecular formula is C19H31N3O4.